The second kappa shape index (κ2) is 7.09. The molecule has 6 nitrogen and oxygen atoms in total. The first-order chi connectivity index (χ1) is 7.34. The van der Waals surface area contributed by atoms with Gasteiger partial charge in [0.05, 0.1) is 12.5 Å². The summed E-state index contributed by atoms with van der Waals surface area (Å²) in [6.07, 6.45) is 2.54. The lowest BCUT2D eigenvalue weighted by Gasteiger charge is -2.21. The van der Waals surface area contributed by atoms with Gasteiger partial charge in [-0.15, -0.1) is 0 Å². The molecule has 1 heterocycles. The molecular weight excluding hydrogens is 196 g/mol. The van der Waals surface area contributed by atoms with Gasteiger partial charge in [-0.25, -0.2) is 0 Å². The van der Waals surface area contributed by atoms with Crippen LogP contribution in [0.15, 0.2) is 5.11 Å². The predicted molar refractivity (Wildman–Crippen MR) is 55.2 cm³/mol. The van der Waals surface area contributed by atoms with Crippen molar-refractivity contribution in [3.8, 4) is 0 Å². The summed E-state index contributed by atoms with van der Waals surface area (Å²) in [4.78, 5) is 14.2. The van der Waals surface area contributed by atoms with E-state index in [1.807, 2.05) is 0 Å². The number of rotatable bonds is 5. The Kier molecular flexibility index (Phi) is 5.58. The molecule has 0 aromatic rings. The number of hydrogen-bond donors (Lipinski definition) is 1. The molecule has 1 fully saturated rings. The number of hydrogen-bond acceptors (Lipinski definition) is 3. The Morgan fingerprint density at radius 2 is 2.53 bits per heavy atom. The lowest BCUT2D eigenvalue weighted by Crippen LogP contribution is -2.36. The molecule has 0 spiro atoms. The van der Waals surface area contributed by atoms with Crippen LogP contribution < -0.4 is 5.32 Å². The lowest BCUT2D eigenvalue weighted by molar-refractivity contribution is -0.128. The van der Waals surface area contributed by atoms with Gasteiger partial charge in [0.15, 0.2) is 0 Å². The van der Waals surface area contributed by atoms with Crippen molar-refractivity contribution >= 4 is 5.91 Å². The Bertz CT molecular complexity index is 244. The Balaban J connectivity index is 2.09. The van der Waals surface area contributed by atoms with E-state index in [1.165, 1.54) is 0 Å². The monoisotopic (exact) mass is 212 g/mol. The Labute approximate surface area is 88.6 Å². The van der Waals surface area contributed by atoms with Crippen LogP contribution in [-0.2, 0) is 9.53 Å². The van der Waals surface area contributed by atoms with Crippen LogP contribution in [0, 0.1) is 5.92 Å². The van der Waals surface area contributed by atoms with Gasteiger partial charge in [-0.05, 0) is 24.8 Å². The molecule has 1 amide bonds. The van der Waals surface area contributed by atoms with E-state index in [9.17, 15) is 4.79 Å². The molecule has 1 aliphatic rings. The van der Waals surface area contributed by atoms with Crippen LogP contribution in [0.2, 0.25) is 0 Å². The Morgan fingerprint density at radius 1 is 1.67 bits per heavy atom. The van der Waals surface area contributed by atoms with E-state index in [2.05, 4.69) is 15.3 Å². The fourth-order valence-corrected chi connectivity index (χ4v) is 1.50. The third-order valence-electron chi connectivity index (χ3n) is 2.33. The van der Waals surface area contributed by atoms with Crippen LogP contribution in [0.4, 0.5) is 0 Å². The number of nitrogens with one attached hydrogen (secondary N) is 1. The molecule has 6 heteroatoms. The number of ether oxygens (including phenoxy) is 1. The zero-order chi connectivity index (χ0) is 10.9. The molecule has 1 atom stereocenters. The van der Waals surface area contributed by atoms with E-state index >= 15 is 0 Å². The summed E-state index contributed by atoms with van der Waals surface area (Å²) in [6.45, 7) is 2.29. The summed E-state index contributed by atoms with van der Waals surface area (Å²) in [7, 11) is 0. The number of carbonyl (C=O) groups is 1. The maximum Gasteiger partial charge on any atom is 0.225 e. The van der Waals surface area contributed by atoms with Crippen molar-refractivity contribution in [2.75, 3.05) is 26.3 Å². The van der Waals surface area contributed by atoms with Crippen molar-refractivity contribution < 1.29 is 9.53 Å². The molecule has 0 aromatic carbocycles. The molecule has 15 heavy (non-hydrogen) atoms. The molecule has 1 aliphatic heterocycles. The maximum absolute atomic E-state index is 11.5. The number of nitrogens with zero attached hydrogens (tertiary/aromatic N) is 3. The minimum atomic E-state index is -0.00165. The van der Waals surface area contributed by atoms with E-state index < -0.39 is 0 Å². The normalized spacial score (nSPS) is 20.4. The number of azide groups is 1. The third-order valence-corrected chi connectivity index (χ3v) is 2.33. The maximum atomic E-state index is 11.5. The van der Waals surface area contributed by atoms with Crippen LogP contribution in [0.25, 0.3) is 10.4 Å². The zero-order valence-corrected chi connectivity index (χ0v) is 8.69. The highest BCUT2D eigenvalue weighted by Crippen LogP contribution is 2.13. The highest BCUT2D eigenvalue weighted by Gasteiger charge is 2.20. The van der Waals surface area contributed by atoms with Crippen molar-refractivity contribution in [1.82, 2.24) is 5.32 Å². The molecule has 0 saturated carbocycles. The van der Waals surface area contributed by atoms with Gasteiger partial charge >= 0.3 is 0 Å². The summed E-state index contributed by atoms with van der Waals surface area (Å²) < 4.78 is 5.22. The van der Waals surface area contributed by atoms with E-state index in [1.54, 1.807) is 0 Å². The Morgan fingerprint density at radius 3 is 3.20 bits per heavy atom. The molecule has 84 valence electrons. The largest absolute Gasteiger partial charge is 0.381 e. The van der Waals surface area contributed by atoms with Crippen LogP contribution in [0.1, 0.15) is 19.3 Å². The van der Waals surface area contributed by atoms with Gasteiger partial charge in [0.2, 0.25) is 5.91 Å². The van der Waals surface area contributed by atoms with E-state index in [4.69, 9.17) is 10.3 Å². The van der Waals surface area contributed by atoms with Crippen LogP contribution in [0.5, 0.6) is 0 Å². The smallest absolute Gasteiger partial charge is 0.225 e. The molecule has 1 rings (SSSR count). The average Bonchev–Trinajstić information content (AvgIpc) is 2.30. The van der Waals surface area contributed by atoms with Gasteiger partial charge in [-0.1, -0.05) is 5.11 Å². The quantitative estimate of drug-likeness (QED) is 0.321. The average molecular weight is 212 g/mol. The Hall–Kier alpha value is -1.26. The molecule has 1 unspecified atom stereocenters. The van der Waals surface area contributed by atoms with E-state index in [-0.39, 0.29) is 11.8 Å². The van der Waals surface area contributed by atoms with Crippen LogP contribution >= 0.6 is 0 Å². The summed E-state index contributed by atoms with van der Waals surface area (Å²) in [6, 6.07) is 0. The topological polar surface area (TPSA) is 87.1 Å². The van der Waals surface area contributed by atoms with E-state index in [0.717, 1.165) is 19.4 Å². The summed E-state index contributed by atoms with van der Waals surface area (Å²) >= 11 is 0. The second-order valence-electron chi connectivity index (χ2n) is 3.51. The van der Waals surface area contributed by atoms with Crippen molar-refractivity contribution in [2.24, 2.45) is 11.0 Å². The fourth-order valence-electron chi connectivity index (χ4n) is 1.50. The first-order valence-electron chi connectivity index (χ1n) is 5.21. The van der Waals surface area contributed by atoms with Crippen LogP contribution in [-0.4, -0.2) is 32.2 Å². The molecule has 0 aromatic heterocycles. The number of amides is 1. The SMILES string of the molecule is [N-]=[N+]=NCCCNC(=O)C1CCCOC1. The van der Waals surface area contributed by atoms with Gasteiger partial charge in [-0.2, -0.15) is 0 Å². The van der Waals surface area contributed by atoms with Gasteiger partial charge in [-0.3, -0.25) is 4.79 Å². The van der Waals surface area contributed by atoms with Gasteiger partial charge in [0.25, 0.3) is 0 Å². The first kappa shape index (κ1) is 11.8. The summed E-state index contributed by atoms with van der Waals surface area (Å²) in [5.74, 6) is 0.0499. The standard InChI is InChI=1S/C9H16N4O2/c10-13-12-5-2-4-11-9(14)8-3-1-6-15-7-8/h8H,1-7H2,(H,11,14). The van der Waals surface area contributed by atoms with Gasteiger partial charge < -0.3 is 10.1 Å². The highest BCUT2D eigenvalue weighted by atomic mass is 16.5. The van der Waals surface area contributed by atoms with Crippen molar-refractivity contribution in [3.63, 3.8) is 0 Å². The van der Waals surface area contributed by atoms with Crippen LogP contribution in [0.3, 0.4) is 0 Å². The molecule has 0 bridgehead atoms. The van der Waals surface area contributed by atoms with Crippen molar-refractivity contribution in [1.29, 1.82) is 0 Å². The minimum absolute atomic E-state index is 0.00165. The summed E-state index contributed by atoms with van der Waals surface area (Å²) in [5, 5.41) is 6.19. The highest BCUT2D eigenvalue weighted by molar-refractivity contribution is 5.78. The molecule has 0 radical (unpaired) electrons. The molecular formula is C9H16N4O2. The second-order valence-corrected chi connectivity index (χ2v) is 3.51. The molecule has 1 N–H and O–H groups in total. The first-order valence-corrected chi connectivity index (χ1v) is 5.21. The molecule has 0 aliphatic carbocycles. The lowest BCUT2D eigenvalue weighted by atomic mass is 10.0. The summed E-state index contributed by atoms with van der Waals surface area (Å²) in [5.41, 5.74) is 8.03. The minimum Gasteiger partial charge on any atom is -0.381 e. The predicted octanol–water partition coefficient (Wildman–Crippen LogP) is 1.23. The van der Waals surface area contributed by atoms with Crippen molar-refractivity contribution in [3.05, 3.63) is 10.4 Å². The third kappa shape index (κ3) is 4.67. The van der Waals surface area contributed by atoms with Gasteiger partial charge in [0.1, 0.15) is 0 Å². The van der Waals surface area contributed by atoms with Gasteiger partial charge in [0, 0.05) is 24.6 Å². The fraction of sp³-hybridized carbons (Fsp3) is 0.889. The molecule has 1 saturated heterocycles. The number of carbonyl (C=O) groups excluding carboxylic acids is 1. The van der Waals surface area contributed by atoms with Crippen molar-refractivity contribution in [2.45, 2.75) is 19.3 Å². The zero-order valence-electron chi connectivity index (χ0n) is 8.69. The van der Waals surface area contributed by atoms with E-state index in [0.29, 0.717) is 26.1 Å².